The largest absolute Gasteiger partial charge is 0.303 e. The molecule has 0 aliphatic heterocycles. The molecule has 0 radical (unpaired) electrons. The zero-order chi connectivity index (χ0) is 9.23. The zero-order valence-corrected chi connectivity index (χ0v) is 8.69. The lowest BCUT2D eigenvalue weighted by atomic mass is 10.3. The van der Waals surface area contributed by atoms with E-state index in [0.29, 0.717) is 0 Å². The van der Waals surface area contributed by atoms with E-state index in [2.05, 4.69) is 37.5 Å². The Balaban J connectivity index is 3.35. The molecule has 0 aromatic carbocycles. The monoisotopic (exact) mass is 167 g/mol. The third kappa shape index (κ3) is 6.24. The van der Waals surface area contributed by atoms with Gasteiger partial charge in [-0.1, -0.05) is 20.8 Å². The van der Waals surface area contributed by atoms with E-state index in [9.17, 15) is 0 Å². The van der Waals surface area contributed by atoms with Crippen molar-refractivity contribution in [2.45, 2.75) is 40.0 Å². The Morgan fingerprint density at radius 3 is 2.00 bits per heavy atom. The molecule has 12 heavy (non-hydrogen) atoms. The lowest BCUT2D eigenvalue weighted by Gasteiger charge is -2.15. The van der Waals surface area contributed by atoms with Crippen LogP contribution in [-0.2, 0) is 0 Å². The lowest BCUT2D eigenvalue weighted by Crippen LogP contribution is -2.23. The Labute approximate surface area is 77.1 Å². The van der Waals surface area contributed by atoms with Crippen molar-refractivity contribution >= 4 is 0 Å². The minimum absolute atomic E-state index is 1.03. The fraction of sp³-hybridized carbons (Fsp3) is 0.818. The van der Waals surface area contributed by atoms with Crippen LogP contribution in [0.15, 0.2) is 0 Å². The third-order valence-electron chi connectivity index (χ3n) is 1.95. The topological polar surface area (TPSA) is 3.24 Å². The van der Waals surface area contributed by atoms with Crippen molar-refractivity contribution in [2.75, 3.05) is 19.6 Å². The Morgan fingerprint density at radius 2 is 1.50 bits per heavy atom. The Hall–Kier alpha value is -0.480. The van der Waals surface area contributed by atoms with E-state index in [0.717, 1.165) is 32.5 Å². The molecule has 0 spiro atoms. The number of rotatable bonds is 5. The predicted octanol–water partition coefficient (Wildman–Crippen LogP) is 2.52. The molecule has 70 valence electrons. The highest BCUT2D eigenvalue weighted by Crippen LogP contribution is 1.89. The number of unbranched alkanes of at least 4 members (excludes halogenated alkanes) is 1. The van der Waals surface area contributed by atoms with Gasteiger partial charge in [-0.05, 0) is 19.5 Å². The summed E-state index contributed by atoms with van der Waals surface area (Å²) in [6.45, 7) is 9.98. The molecule has 0 amide bonds. The van der Waals surface area contributed by atoms with Crippen LogP contribution in [0.1, 0.15) is 40.0 Å². The minimum atomic E-state index is 1.03. The standard InChI is InChI=1S/C11H21N/c1-4-7-8-9-10-11-12(5-2)6-3/h4-7,10-11H2,1-3H3. The Morgan fingerprint density at radius 1 is 0.917 bits per heavy atom. The number of nitrogens with zero attached hydrogens (tertiary/aromatic N) is 1. The van der Waals surface area contributed by atoms with Gasteiger partial charge < -0.3 is 4.90 Å². The van der Waals surface area contributed by atoms with Crippen LogP contribution in [0.25, 0.3) is 0 Å². The molecule has 0 atom stereocenters. The molecule has 0 saturated carbocycles. The summed E-state index contributed by atoms with van der Waals surface area (Å²) < 4.78 is 0. The van der Waals surface area contributed by atoms with Crippen LogP contribution in [0.2, 0.25) is 0 Å². The normalized spacial score (nSPS) is 9.67. The van der Waals surface area contributed by atoms with Gasteiger partial charge in [0.25, 0.3) is 0 Å². The molecule has 0 saturated heterocycles. The smallest absolute Gasteiger partial charge is 0.0217 e. The second-order valence-corrected chi connectivity index (χ2v) is 2.88. The highest BCUT2D eigenvalue weighted by atomic mass is 15.1. The summed E-state index contributed by atoms with van der Waals surface area (Å²) in [5.74, 6) is 6.36. The molecular weight excluding hydrogens is 146 g/mol. The van der Waals surface area contributed by atoms with Gasteiger partial charge in [0, 0.05) is 19.4 Å². The first kappa shape index (κ1) is 11.5. The maximum atomic E-state index is 3.19. The average Bonchev–Trinajstić information content (AvgIpc) is 2.11. The third-order valence-corrected chi connectivity index (χ3v) is 1.95. The van der Waals surface area contributed by atoms with Gasteiger partial charge in [-0.25, -0.2) is 0 Å². The highest BCUT2D eigenvalue weighted by Gasteiger charge is 1.94. The first-order valence-corrected chi connectivity index (χ1v) is 5.03. The van der Waals surface area contributed by atoms with Crippen molar-refractivity contribution in [1.82, 2.24) is 4.90 Å². The Bertz CT molecular complexity index is 137. The molecule has 0 fully saturated rings. The maximum absolute atomic E-state index is 3.19. The molecule has 0 bridgehead atoms. The van der Waals surface area contributed by atoms with Gasteiger partial charge in [-0.3, -0.25) is 0 Å². The van der Waals surface area contributed by atoms with Gasteiger partial charge in [0.15, 0.2) is 0 Å². The molecule has 0 aromatic rings. The Kier molecular flexibility index (Phi) is 8.27. The summed E-state index contributed by atoms with van der Waals surface area (Å²) in [5, 5.41) is 0. The van der Waals surface area contributed by atoms with E-state index in [4.69, 9.17) is 0 Å². The molecular formula is C11H21N. The van der Waals surface area contributed by atoms with E-state index < -0.39 is 0 Å². The van der Waals surface area contributed by atoms with Crippen LogP contribution in [0.5, 0.6) is 0 Å². The van der Waals surface area contributed by atoms with Crippen molar-refractivity contribution in [1.29, 1.82) is 0 Å². The summed E-state index contributed by atoms with van der Waals surface area (Å²) in [6, 6.07) is 0. The summed E-state index contributed by atoms with van der Waals surface area (Å²) in [5.41, 5.74) is 0. The molecule has 0 unspecified atom stereocenters. The molecule has 0 aromatic heterocycles. The van der Waals surface area contributed by atoms with Gasteiger partial charge in [0.2, 0.25) is 0 Å². The van der Waals surface area contributed by atoms with Crippen molar-refractivity contribution < 1.29 is 0 Å². The van der Waals surface area contributed by atoms with Gasteiger partial charge in [0.1, 0.15) is 0 Å². The van der Waals surface area contributed by atoms with Gasteiger partial charge in [-0.2, -0.15) is 0 Å². The fourth-order valence-corrected chi connectivity index (χ4v) is 1.06. The highest BCUT2D eigenvalue weighted by molar-refractivity contribution is 4.98. The van der Waals surface area contributed by atoms with E-state index in [1.165, 1.54) is 6.42 Å². The summed E-state index contributed by atoms with van der Waals surface area (Å²) in [4.78, 5) is 2.40. The SMILES string of the molecule is CCCC#CCCN(CC)CC. The molecule has 0 heterocycles. The first-order chi connectivity index (χ1) is 5.85. The van der Waals surface area contributed by atoms with Gasteiger partial charge >= 0.3 is 0 Å². The first-order valence-electron chi connectivity index (χ1n) is 5.03. The van der Waals surface area contributed by atoms with Crippen LogP contribution in [0.4, 0.5) is 0 Å². The minimum Gasteiger partial charge on any atom is -0.303 e. The molecule has 1 nitrogen and oxygen atoms in total. The van der Waals surface area contributed by atoms with E-state index in [1.807, 2.05) is 0 Å². The van der Waals surface area contributed by atoms with Crippen molar-refractivity contribution in [3.63, 3.8) is 0 Å². The second kappa shape index (κ2) is 8.62. The zero-order valence-electron chi connectivity index (χ0n) is 8.69. The molecule has 1 heteroatoms. The second-order valence-electron chi connectivity index (χ2n) is 2.88. The van der Waals surface area contributed by atoms with Crippen molar-refractivity contribution in [2.24, 2.45) is 0 Å². The predicted molar refractivity (Wildman–Crippen MR) is 55.1 cm³/mol. The van der Waals surface area contributed by atoms with Crippen molar-refractivity contribution in [3.8, 4) is 11.8 Å². The molecule has 0 N–H and O–H groups in total. The van der Waals surface area contributed by atoms with E-state index in [-0.39, 0.29) is 0 Å². The summed E-state index contributed by atoms with van der Waals surface area (Å²) in [6.07, 6.45) is 3.26. The van der Waals surface area contributed by atoms with Gasteiger partial charge in [0.05, 0.1) is 0 Å². The summed E-state index contributed by atoms with van der Waals surface area (Å²) >= 11 is 0. The van der Waals surface area contributed by atoms with Crippen molar-refractivity contribution in [3.05, 3.63) is 0 Å². The van der Waals surface area contributed by atoms with Crippen LogP contribution in [0, 0.1) is 11.8 Å². The average molecular weight is 167 g/mol. The lowest BCUT2D eigenvalue weighted by molar-refractivity contribution is 0.312. The number of hydrogen-bond acceptors (Lipinski definition) is 1. The van der Waals surface area contributed by atoms with E-state index in [1.54, 1.807) is 0 Å². The van der Waals surface area contributed by atoms with E-state index >= 15 is 0 Å². The quantitative estimate of drug-likeness (QED) is 0.569. The van der Waals surface area contributed by atoms with Crippen LogP contribution < -0.4 is 0 Å². The summed E-state index contributed by atoms with van der Waals surface area (Å²) in [7, 11) is 0. The van der Waals surface area contributed by atoms with Crippen LogP contribution in [-0.4, -0.2) is 24.5 Å². The molecule has 0 rings (SSSR count). The molecule has 0 aliphatic carbocycles. The fourth-order valence-electron chi connectivity index (χ4n) is 1.06. The molecule has 0 aliphatic rings. The van der Waals surface area contributed by atoms with Gasteiger partial charge in [-0.15, -0.1) is 11.8 Å². The van der Waals surface area contributed by atoms with Crippen LogP contribution >= 0.6 is 0 Å². The maximum Gasteiger partial charge on any atom is 0.0217 e. The van der Waals surface area contributed by atoms with Crippen LogP contribution in [0.3, 0.4) is 0 Å². The number of hydrogen-bond donors (Lipinski definition) is 0.